The Morgan fingerprint density at radius 3 is 2.74 bits per heavy atom. The van der Waals surface area contributed by atoms with Crippen molar-refractivity contribution in [2.75, 3.05) is 31.6 Å². The predicted molar refractivity (Wildman–Crippen MR) is 154 cm³/mol. The lowest BCUT2D eigenvalue weighted by Gasteiger charge is -2.12. The summed E-state index contributed by atoms with van der Waals surface area (Å²) in [5.41, 5.74) is 8.38. The van der Waals surface area contributed by atoms with Crippen LogP contribution in [0.4, 0.5) is 5.82 Å². The maximum Gasteiger partial charge on any atom is 0.248 e. The molecule has 0 atom stereocenters. The van der Waals surface area contributed by atoms with Gasteiger partial charge in [0, 0.05) is 58.8 Å². The van der Waals surface area contributed by atoms with E-state index in [4.69, 9.17) is 27.1 Å². The number of hydrogen-bond acceptors (Lipinski definition) is 7. The predicted octanol–water partition coefficient (Wildman–Crippen LogP) is 5.09. The minimum atomic E-state index is -0.483. The number of unbranched alkanes of at least 4 members (excludes halogenated alkanes) is 1. The molecule has 0 spiro atoms. The highest BCUT2D eigenvalue weighted by molar-refractivity contribution is 6.30. The van der Waals surface area contributed by atoms with Crippen molar-refractivity contribution in [2.24, 2.45) is 5.73 Å². The van der Waals surface area contributed by atoms with Gasteiger partial charge >= 0.3 is 0 Å². The molecule has 2 heterocycles. The Kier molecular flexibility index (Phi) is 8.22. The van der Waals surface area contributed by atoms with Crippen LogP contribution in [0.15, 0.2) is 54.9 Å². The molecule has 1 aliphatic carbocycles. The lowest BCUT2D eigenvalue weighted by molar-refractivity contribution is 0.100. The molecule has 0 bridgehead atoms. The number of carbonyl (C=O) groups excluding carboxylic acids is 1. The molecule has 9 heteroatoms. The highest BCUT2D eigenvalue weighted by Crippen LogP contribution is 2.48. The fourth-order valence-electron chi connectivity index (χ4n) is 4.79. The summed E-state index contributed by atoms with van der Waals surface area (Å²) >= 11 is 6.29. The van der Waals surface area contributed by atoms with E-state index in [1.165, 1.54) is 0 Å². The number of aromatic nitrogens is 2. The number of primary amides is 1. The van der Waals surface area contributed by atoms with Crippen LogP contribution in [-0.4, -0.2) is 42.2 Å². The van der Waals surface area contributed by atoms with Gasteiger partial charge in [0.2, 0.25) is 5.91 Å². The third-order valence-corrected chi connectivity index (χ3v) is 7.33. The second-order valence-corrected chi connectivity index (χ2v) is 10.4. The number of hydrogen-bond donors (Lipinski definition) is 3. The summed E-state index contributed by atoms with van der Waals surface area (Å²) in [7, 11) is 0. The van der Waals surface area contributed by atoms with E-state index >= 15 is 0 Å². The highest BCUT2D eigenvalue weighted by Gasteiger charge is 2.45. The van der Waals surface area contributed by atoms with Gasteiger partial charge in [0.15, 0.2) is 0 Å². The minimum Gasteiger partial charge on any atom is -0.380 e. The molecule has 1 amide bonds. The van der Waals surface area contributed by atoms with Gasteiger partial charge < -0.3 is 21.1 Å². The van der Waals surface area contributed by atoms with Crippen LogP contribution in [0.1, 0.15) is 47.2 Å². The first-order valence-corrected chi connectivity index (χ1v) is 13.6. The quantitative estimate of drug-likeness (QED) is 0.159. The zero-order valence-electron chi connectivity index (χ0n) is 21.7. The number of fused-ring (bicyclic) bond motifs is 3. The van der Waals surface area contributed by atoms with Crippen molar-refractivity contribution < 1.29 is 9.53 Å². The van der Waals surface area contributed by atoms with Crippen molar-refractivity contribution in [1.82, 2.24) is 15.3 Å². The Hall–Kier alpha value is -3.77. The maximum absolute atomic E-state index is 11.6. The molecule has 0 radical (unpaired) electrons. The van der Waals surface area contributed by atoms with Gasteiger partial charge in [0.1, 0.15) is 5.82 Å². The van der Waals surface area contributed by atoms with Crippen molar-refractivity contribution in [3.63, 3.8) is 0 Å². The molecular weight excluding hydrogens is 512 g/mol. The molecule has 1 fully saturated rings. The number of nitrogens with zero attached hydrogens (tertiary/aromatic N) is 3. The standard InChI is InChI=1S/C30H31ClN6O2/c31-23-14-20(13-22(16-23)30(19-32)6-7-30)17-34-8-1-2-11-39-12-10-36-29-25-5-9-35-18-26(25)24-4-3-21(28(33)38)15-27(24)37-29/h3-5,9,13-16,18,34H,1-2,6-8,10-12,17H2,(H2,33,38)(H,36,37). The normalized spacial score (nSPS) is 13.8. The molecule has 39 heavy (non-hydrogen) atoms. The summed E-state index contributed by atoms with van der Waals surface area (Å²) in [4.78, 5) is 20.6. The molecule has 0 aliphatic heterocycles. The number of amides is 1. The molecule has 5 rings (SSSR count). The molecular formula is C30H31ClN6O2. The molecule has 4 aromatic rings. The van der Waals surface area contributed by atoms with Crippen LogP contribution in [0.2, 0.25) is 5.02 Å². The summed E-state index contributed by atoms with van der Waals surface area (Å²) in [5.74, 6) is 0.240. The van der Waals surface area contributed by atoms with E-state index in [1.54, 1.807) is 24.5 Å². The Labute approximate surface area is 232 Å². The number of nitrogens with two attached hydrogens (primary N) is 1. The SMILES string of the molecule is N#CC1(c2cc(Cl)cc(CNCCCCOCCNc3nc4cc(C(N)=O)ccc4c4cnccc34)c2)CC1. The zero-order valence-corrected chi connectivity index (χ0v) is 22.4. The number of anilines is 1. The van der Waals surface area contributed by atoms with E-state index in [0.29, 0.717) is 35.9 Å². The van der Waals surface area contributed by atoms with E-state index in [0.717, 1.165) is 71.9 Å². The van der Waals surface area contributed by atoms with E-state index < -0.39 is 5.91 Å². The number of nitrogens with one attached hydrogen (secondary N) is 2. The third-order valence-electron chi connectivity index (χ3n) is 7.12. The molecule has 8 nitrogen and oxygen atoms in total. The smallest absolute Gasteiger partial charge is 0.248 e. The first-order chi connectivity index (χ1) is 19.0. The molecule has 0 saturated heterocycles. The van der Waals surface area contributed by atoms with Crippen LogP contribution in [0.3, 0.4) is 0 Å². The Morgan fingerprint density at radius 1 is 1.08 bits per heavy atom. The number of nitriles is 1. The fraction of sp³-hybridized carbons (Fsp3) is 0.333. The average Bonchev–Trinajstić information content (AvgIpc) is 3.75. The number of ether oxygens (including phenoxy) is 1. The second-order valence-electron chi connectivity index (χ2n) is 9.94. The van der Waals surface area contributed by atoms with Crippen LogP contribution in [0, 0.1) is 11.3 Å². The zero-order chi connectivity index (χ0) is 27.2. The van der Waals surface area contributed by atoms with E-state index in [1.807, 2.05) is 24.3 Å². The van der Waals surface area contributed by atoms with Crippen LogP contribution in [-0.2, 0) is 16.7 Å². The lowest BCUT2D eigenvalue weighted by atomic mass is 9.96. The van der Waals surface area contributed by atoms with Crippen LogP contribution < -0.4 is 16.4 Å². The lowest BCUT2D eigenvalue weighted by Crippen LogP contribution is -2.16. The average molecular weight is 543 g/mol. The topological polar surface area (TPSA) is 126 Å². The molecule has 2 aromatic heterocycles. The van der Waals surface area contributed by atoms with Crippen molar-refractivity contribution in [3.05, 3.63) is 76.6 Å². The maximum atomic E-state index is 11.6. The van der Waals surface area contributed by atoms with Gasteiger partial charge in [-0.2, -0.15) is 5.26 Å². The van der Waals surface area contributed by atoms with Crippen molar-refractivity contribution >= 4 is 45.0 Å². The second kappa shape index (κ2) is 12.0. The van der Waals surface area contributed by atoms with Gasteiger partial charge in [-0.3, -0.25) is 9.78 Å². The Bertz CT molecular complexity index is 1550. The van der Waals surface area contributed by atoms with Crippen molar-refractivity contribution in [3.8, 4) is 6.07 Å². The number of pyridine rings is 2. The summed E-state index contributed by atoms with van der Waals surface area (Å²) in [6.45, 7) is 3.43. The molecule has 0 unspecified atom stereocenters. The fourth-order valence-corrected chi connectivity index (χ4v) is 5.04. The summed E-state index contributed by atoms with van der Waals surface area (Å²) in [6, 6.07) is 15.6. The summed E-state index contributed by atoms with van der Waals surface area (Å²) in [5, 5.41) is 19.8. The van der Waals surface area contributed by atoms with Gasteiger partial charge in [-0.15, -0.1) is 0 Å². The largest absolute Gasteiger partial charge is 0.380 e. The molecule has 1 aliphatic rings. The number of benzene rings is 2. The summed E-state index contributed by atoms with van der Waals surface area (Å²) < 4.78 is 5.82. The van der Waals surface area contributed by atoms with Gasteiger partial charge in [-0.05, 0) is 73.7 Å². The van der Waals surface area contributed by atoms with Gasteiger partial charge in [-0.1, -0.05) is 23.7 Å². The van der Waals surface area contributed by atoms with E-state index in [2.05, 4.69) is 27.8 Å². The molecule has 200 valence electrons. The third kappa shape index (κ3) is 6.28. The number of halogens is 1. The number of rotatable bonds is 13. The van der Waals surface area contributed by atoms with Gasteiger partial charge in [0.05, 0.1) is 23.6 Å². The highest BCUT2D eigenvalue weighted by atomic mass is 35.5. The number of carbonyl (C=O) groups is 1. The molecule has 1 saturated carbocycles. The molecule has 2 aromatic carbocycles. The Balaban J connectivity index is 1.04. The van der Waals surface area contributed by atoms with E-state index in [9.17, 15) is 10.1 Å². The van der Waals surface area contributed by atoms with Crippen molar-refractivity contribution in [1.29, 1.82) is 5.26 Å². The first kappa shape index (κ1) is 26.8. The van der Waals surface area contributed by atoms with Crippen LogP contribution in [0.25, 0.3) is 21.7 Å². The minimum absolute atomic E-state index is 0.324. The van der Waals surface area contributed by atoms with Gasteiger partial charge in [0.25, 0.3) is 0 Å². The monoisotopic (exact) mass is 542 g/mol. The van der Waals surface area contributed by atoms with Crippen LogP contribution >= 0.6 is 11.6 Å². The van der Waals surface area contributed by atoms with Gasteiger partial charge in [-0.25, -0.2) is 4.98 Å². The molecule has 4 N–H and O–H groups in total. The first-order valence-electron chi connectivity index (χ1n) is 13.2. The summed E-state index contributed by atoms with van der Waals surface area (Å²) in [6.07, 6.45) is 7.32. The van der Waals surface area contributed by atoms with E-state index in [-0.39, 0.29) is 5.41 Å². The van der Waals surface area contributed by atoms with Crippen molar-refractivity contribution in [2.45, 2.75) is 37.6 Å². The van der Waals surface area contributed by atoms with Crippen LogP contribution in [0.5, 0.6) is 0 Å². The Morgan fingerprint density at radius 2 is 1.95 bits per heavy atom.